The fourth-order valence-electron chi connectivity index (χ4n) is 2.28. The monoisotopic (exact) mass is 327 g/mol. The van der Waals surface area contributed by atoms with Crippen LogP contribution in [0.3, 0.4) is 0 Å². The largest absolute Gasteiger partial charge is 0.459 e. The highest BCUT2D eigenvalue weighted by atomic mass is 16.3. The second kappa shape index (κ2) is 7.79. The highest BCUT2D eigenvalue weighted by Gasteiger charge is 2.20. The first-order chi connectivity index (χ1) is 11.7. The van der Waals surface area contributed by atoms with Crippen molar-refractivity contribution in [2.24, 2.45) is 5.92 Å². The lowest BCUT2D eigenvalue weighted by molar-refractivity contribution is -0.120. The van der Waals surface area contributed by atoms with Crippen LogP contribution in [0, 0.1) is 5.92 Å². The number of amides is 2. The number of benzene rings is 1. The fraction of sp³-hybridized carbons (Fsp3) is 0.333. The molecule has 1 aliphatic rings. The van der Waals surface area contributed by atoms with Crippen molar-refractivity contribution in [3.63, 3.8) is 0 Å². The quantitative estimate of drug-likeness (QED) is 0.694. The molecule has 0 aliphatic heterocycles. The third-order valence-corrected chi connectivity index (χ3v) is 3.86. The molecule has 1 aliphatic carbocycles. The van der Waals surface area contributed by atoms with Gasteiger partial charge in [-0.3, -0.25) is 9.59 Å². The van der Waals surface area contributed by atoms with Gasteiger partial charge in [-0.25, -0.2) is 0 Å². The van der Waals surface area contributed by atoms with Gasteiger partial charge in [-0.2, -0.15) is 0 Å². The van der Waals surface area contributed by atoms with E-state index in [4.69, 9.17) is 4.42 Å². The summed E-state index contributed by atoms with van der Waals surface area (Å²) in [6.07, 6.45) is 4.01. The van der Waals surface area contributed by atoms with Crippen LogP contribution in [0.5, 0.6) is 0 Å². The Kier molecular flexibility index (Phi) is 5.28. The first-order valence-corrected chi connectivity index (χ1v) is 8.12. The van der Waals surface area contributed by atoms with Crippen LogP contribution in [0.15, 0.2) is 47.1 Å². The summed E-state index contributed by atoms with van der Waals surface area (Å²) in [6, 6.07) is 10.6. The molecule has 3 N–H and O–H groups in total. The Balaban J connectivity index is 1.40. The number of hydrogen-bond donors (Lipinski definition) is 3. The second-order valence-electron chi connectivity index (χ2n) is 5.98. The molecule has 0 saturated heterocycles. The number of anilines is 1. The number of nitrogens with one attached hydrogen (secondary N) is 3. The minimum absolute atomic E-state index is 0.00847. The average molecular weight is 327 g/mol. The summed E-state index contributed by atoms with van der Waals surface area (Å²) in [5.41, 5.74) is 1.65. The summed E-state index contributed by atoms with van der Waals surface area (Å²) in [5, 5.41) is 8.78. The first kappa shape index (κ1) is 16.3. The van der Waals surface area contributed by atoms with E-state index in [1.54, 1.807) is 24.3 Å². The van der Waals surface area contributed by atoms with Crippen molar-refractivity contribution in [3.8, 4) is 0 Å². The van der Waals surface area contributed by atoms with Crippen LogP contribution in [-0.2, 0) is 11.3 Å². The van der Waals surface area contributed by atoms with Crippen LogP contribution in [0.2, 0.25) is 0 Å². The van der Waals surface area contributed by atoms with E-state index >= 15 is 0 Å². The van der Waals surface area contributed by atoms with Crippen molar-refractivity contribution in [3.05, 3.63) is 54.0 Å². The van der Waals surface area contributed by atoms with E-state index in [0.717, 1.165) is 18.0 Å². The lowest BCUT2D eigenvalue weighted by atomic mass is 10.2. The van der Waals surface area contributed by atoms with Gasteiger partial charge in [0.05, 0.1) is 12.8 Å². The molecule has 0 radical (unpaired) electrons. The van der Waals surface area contributed by atoms with Gasteiger partial charge in [0, 0.05) is 12.2 Å². The van der Waals surface area contributed by atoms with Gasteiger partial charge in [0.15, 0.2) is 5.76 Å². The third kappa shape index (κ3) is 4.96. The van der Waals surface area contributed by atoms with Gasteiger partial charge in [0.25, 0.3) is 5.91 Å². The Morgan fingerprint density at radius 3 is 2.58 bits per heavy atom. The molecule has 24 heavy (non-hydrogen) atoms. The highest BCUT2D eigenvalue weighted by Crippen LogP contribution is 2.27. The molecule has 0 bridgehead atoms. The van der Waals surface area contributed by atoms with Crippen molar-refractivity contribution < 1.29 is 14.0 Å². The summed E-state index contributed by atoms with van der Waals surface area (Å²) in [4.78, 5) is 23.6. The van der Waals surface area contributed by atoms with Crippen molar-refractivity contribution >= 4 is 17.5 Å². The van der Waals surface area contributed by atoms with Gasteiger partial charge in [0.2, 0.25) is 5.91 Å². The minimum atomic E-state index is -0.289. The number of hydrogen-bond acceptors (Lipinski definition) is 4. The molecule has 0 unspecified atom stereocenters. The minimum Gasteiger partial charge on any atom is -0.459 e. The first-order valence-electron chi connectivity index (χ1n) is 8.12. The maximum atomic E-state index is 11.9. The molecule has 2 amide bonds. The smallest absolute Gasteiger partial charge is 0.291 e. The van der Waals surface area contributed by atoms with Crippen LogP contribution in [0.25, 0.3) is 0 Å². The second-order valence-corrected chi connectivity index (χ2v) is 5.98. The summed E-state index contributed by atoms with van der Waals surface area (Å²) < 4.78 is 5.04. The molecule has 1 aromatic carbocycles. The molecular weight excluding hydrogens is 306 g/mol. The van der Waals surface area contributed by atoms with E-state index in [1.807, 2.05) is 12.1 Å². The molecule has 2 aromatic rings. The summed E-state index contributed by atoms with van der Waals surface area (Å²) in [5.74, 6) is 0.736. The lowest BCUT2D eigenvalue weighted by Crippen LogP contribution is -2.34. The lowest BCUT2D eigenvalue weighted by Gasteiger charge is -2.08. The molecule has 1 saturated carbocycles. The van der Waals surface area contributed by atoms with E-state index in [1.165, 1.54) is 19.1 Å². The Labute approximate surface area is 140 Å². The Bertz CT molecular complexity index is 676. The SMILES string of the molecule is O=C(CNCC1CC1)NCc1ccc(NC(=O)c2ccco2)cc1. The van der Waals surface area contributed by atoms with Gasteiger partial charge < -0.3 is 20.4 Å². The molecular formula is C18H21N3O3. The molecule has 6 nitrogen and oxygen atoms in total. The van der Waals surface area contributed by atoms with E-state index in [2.05, 4.69) is 16.0 Å². The van der Waals surface area contributed by atoms with Gasteiger partial charge in [-0.1, -0.05) is 12.1 Å². The number of furan rings is 1. The molecule has 1 heterocycles. The Morgan fingerprint density at radius 2 is 1.92 bits per heavy atom. The zero-order chi connectivity index (χ0) is 16.8. The Hall–Kier alpha value is -2.60. The molecule has 0 atom stereocenters. The standard InChI is InChI=1S/C18H21N3O3/c22-17(12-19-10-13-3-4-13)20-11-14-5-7-15(8-6-14)21-18(23)16-2-1-9-24-16/h1-2,5-9,13,19H,3-4,10-12H2,(H,20,22)(H,21,23). The van der Waals surface area contributed by atoms with Crippen molar-refractivity contribution in [1.29, 1.82) is 0 Å². The van der Waals surface area contributed by atoms with Crippen LogP contribution in [0.4, 0.5) is 5.69 Å². The molecule has 6 heteroatoms. The van der Waals surface area contributed by atoms with E-state index in [-0.39, 0.29) is 17.6 Å². The van der Waals surface area contributed by atoms with Crippen molar-refractivity contribution in [1.82, 2.24) is 10.6 Å². The summed E-state index contributed by atoms with van der Waals surface area (Å²) in [7, 11) is 0. The molecule has 1 fully saturated rings. The van der Waals surface area contributed by atoms with Crippen LogP contribution in [-0.4, -0.2) is 24.9 Å². The summed E-state index contributed by atoms with van der Waals surface area (Å²) in [6.45, 7) is 1.75. The normalized spacial score (nSPS) is 13.5. The van der Waals surface area contributed by atoms with Crippen molar-refractivity contribution in [2.75, 3.05) is 18.4 Å². The van der Waals surface area contributed by atoms with E-state index in [9.17, 15) is 9.59 Å². The molecule has 3 rings (SSSR count). The molecule has 126 valence electrons. The highest BCUT2D eigenvalue weighted by molar-refractivity contribution is 6.02. The van der Waals surface area contributed by atoms with Gasteiger partial charge in [-0.15, -0.1) is 0 Å². The molecule has 1 aromatic heterocycles. The predicted octanol–water partition coefficient (Wildman–Crippen LogP) is 2.15. The number of carbonyl (C=O) groups excluding carboxylic acids is 2. The third-order valence-electron chi connectivity index (χ3n) is 3.86. The van der Waals surface area contributed by atoms with Crippen LogP contribution >= 0.6 is 0 Å². The van der Waals surface area contributed by atoms with Gasteiger partial charge in [-0.05, 0) is 55.1 Å². The van der Waals surface area contributed by atoms with Crippen LogP contribution in [0.1, 0.15) is 29.0 Å². The zero-order valence-electron chi connectivity index (χ0n) is 13.4. The van der Waals surface area contributed by atoms with Gasteiger partial charge in [0.1, 0.15) is 0 Å². The predicted molar refractivity (Wildman–Crippen MR) is 90.5 cm³/mol. The van der Waals surface area contributed by atoms with Gasteiger partial charge >= 0.3 is 0 Å². The molecule has 0 spiro atoms. The van der Waals surface area contributed by atoms with E-state index < -0.39 is 0 Å². The van der Waals surface area contributed by atoms with E-state index in [0.29, 0.717) is 18.8 Å². The summed E-state index contributed by atoms with van der Waals surface area (Å²) >= 11 is 0. The number of carbonyl (C=O) groups is 2. The Morgan fingerprint density at radius 1 is 1.12 bits per heavy atom. The topological polar surface area (TPSA) is 83.4 Å². The number of rotatable bonds is 8. The maximum absolute atomic E-state index is 11.9. The average Bonchev–Trinajstić information content (AvgIpc) is 3.24. The fourth-order valence-corrected chi connectivity index (χ4v) is 2.28. The van der Waals surface area contributed by atoms with Crippen LogP contribution < -0.4 is 16.0 Å². The zero-order valence-corrected chi connectivity index (χ0v) is 13.4. The van der Waals surface area contributed by atoms with Crippen molar-refractivity contribution in [2.45, 2.75) is 19.4 Å². The maximum Gasteiger partial charge on any atom is 0.291 e.